The fourth-order valence-corrected chi connectivity index (χ4v) is 2.12. The molecule has 0 aliphatic carbocycles. The molecule has 2 rings (SSSR count). The number of hydrogen-bond acceptors (Lipinski definition) is 3. The molecule has 0 unspecified atom stereocenters. The summed E-state index contributed by atoms with van der Waals surface area (Å²) in [6, 6.07) is 7.24. The minimum atomic E-state index is -0.473. The number of halogens is 1. The maximum Gasteiger partial charge on any atom is 0.411 e. The van der Waals surface area contributed by atoms with E-state index in [1.54, 1.807) is 19.1 Å². The Balaban J connectivity index is 0.00000220. The van der Waals surface area contributed by atoms with Gasteiger partial charge in [0.15, 0.2) is 5.96 Å². The number of carbonyl (C=O) groups is 1. The maximum absolute atomic E-state index is 11.4. The second kappa shape index (κ2) is 8.36. The van der Waals surface area contributed by atoms with Gasteiger partial charge in [-0.1, -0.05) is 6.07 Å². The van der Waals surface area contributed by atoms with Crippen LogP contribution in [-0.4, -0.2) is 36.6 Å². The van der Waals surface area contributed by atoms with Crippen LogP contribution in [0.25, 0.3) is 0 Å². The van der Waals surface area contributed by atoms with Gasteiger partial charge in [0, 0.05) is 24.5 Å². The summed E-state index contributed by atoms with van der Waals surface area (Å²) in [6.45, 7) is 3.94. The number of anilines is 2. The van der Waals surface area contributed by atoms with Crippen molar-refractivity contribution in [3.8, 4) is 0 Å². The van der Waals surface area contributed by atoms with Crippen LogP contribution in [0.1, 0.15) is 19.8 Å². The molecular formula is C14H21ClN4O2. The lowest BCUT2D eigenvalue weighted by molar-refractivity contribution is 0.168. The zero-order valence-corrected chi connectivity index (χ0v) is 12.8. The minimum absolute atomic E-state index is 0. The Labute approximate surface area is 130 Å². The number of ether oxygens (including phenoxy) is 1. The molecule has 1 aromatic carbocycles. The van der Waals surface area contributed by atoms with Crippen molar-refractivity contribution >= 4 is 35.8 Å². The molecule has 0 spiro atoms. The number of hydrogen-bond donors (Lipinski definition) is 3. The van der Waals surface area contributed by atoms with Crippen molar-refractivity contribution in [2.45, 2.75) is 19.8 Å². The molecule has 116 valence electrons. The van der Waals surface area contributed by atoms with Gasteiger partial charge >= 0.3 is 6.09 Å². The van der Waals surface area contributed by atoms with Gasteiger partial charge < -0.3 is 15.0 Å². The first-order valence-electron chi connectivity index (χ1n) is 6.83. The molecule has 0 bridgehead atoms. The summed E-state index contributed by atoms with van der Waals surface area (Å²) in [7, 11) is 0. The number of nitrogens with zero attached hydrogens (tertiary/aromatic N) is 1. The molecule has 0 aromatic heterocycles. The van der Waals surface area contributed by atoms with Gasteiger partial charge in [-0.3, -0.25) is 10.7 Å². The van der Waals surface area contributed by atoms with Crippen LogP contribution in [0.15, 0.2) is 24.3 Å². The van der Waals surface area contributed by atoms with Gasteiger partial charge in [0.1, 0.15) is 0 Å². The summed E-state index contributed by atoms with van der Waals surface area (Å²) in [5.74, 6) is 0.399. The van der Waals surface area contributed by atoms with Crippen molar-refractivity contribution in [2.24, 2.45) is 0 Å². The van der Waals surface area contributed by atoms with Crippen LogP contribution in [0.4, 0.5) is 16.2 Å². The fourth-order valence-electron chi connectivity index (χ4n) is 2.12. The average molecular weight is 313 g/mol. The van der Waals surface area contributed by atoms with Crippen LogP contribution in [0, 0.1) is 5.41 Å². The van der Waals surface area contributed by atoms with Gasteiger partial charge in [-0.2, -0.15) is 0 Å². The zero-order valence-electron chi connectivity index (χ0n) is 12.0. The Hall–Kier alpha value is -1.95. The van der Waals surface area contributed by atoms with E-state index in [0.717, 1.165) is 31.6 Å². The van der Waals surface area contributed by atoms with Crippen LogP contribution in [-0.2, 0) is 4.74 Å². The van der Waals surface area contributed by atoms with E-state index in [9.17, 15) is 4.79 Å². The smallest absolute Gasteiger partial charge is 0.411 e. The first kappa shape index (κ1) is 17.1. The lowest BCUT2D eigenvalue weighted by Gasteiger charge is -2.19. The van der Waals surface area contributed by atoms with E-state index in [1.165, 1.54) is 0 Å². The van der Waals surface area contributed by atoms with Crippen molar-refractivity contribution in [3.63, 3.8) is 0 Å². The lowest BCUT2D eigenvalue weighted by atomic mass is 10.3. The van der Waals surface area contributed by atoms with E-state index in [0.29, 0.717) is 18.3 Å². The standard InChI is InChI=1S/C14H20N4O2.ClH/c1-2-20-14(19)17-12-7-5-6-11(10-12)16-13(15)18-8-3-4-9-18;/h5-7,10H,2-4,8-9H2,1H3,(H2,15,16)(H,17,19);1H. The van der Waals surface area contributed by atoms with Crippen molar-refractivity contribution in [2.75, 3.05) is 30.3 Å². The van der Waals surface area contributed by atoms with Crippen LogP contribution in [0.5, 0.6) is 0 Å². The van der Waals surface area contributed by atoms with Gasteiger partial charge in [0.2, 0.25) is 0 Å². The minimum Gasteiger partial charge on any atom is -0.450 e. The van der Waals surface area contributed by atoms with Crippen LogP contribution >= 0.6 is 12.4 Å². The second-order valence-corrected chi connectivity index (χ2v) is 4.59. The Morgan fingerprint density at radius 3 is 2.52 bits per heavy atom. The summed E-state index contributed by atoms with van der Waals surface area (Å²) in [5, 5.41) is 13.7. The lowest BCUT2D eigenvalue weighted by Crippen LogP contribution is -2.32. The van der Waals surface area contributed by atoms with Crippen LogP contribution < -0.4 is 10.6 Å². The van der Waals surface area contributed by atoms with Gasteiger partial charge in [-0.25, -0.2) is 4.79 Å². The van der Waals surface area contributed by atoms with E-state index in [1.807, 2.05) is 17.0 Å². The normalized spacial score (nSPS) is 13.3. The highest BCUT2D eigenvalue weighted by molar-refractivity contribution is 5.93. The zero-order chi connectivity index (χ0) is 14.4. The third kappa shape index (κ3) is 5.15. The van der Waals surface area contributed by atoms with E-state index < -0.39 is 6.09 Å². The van der Waals surface area contributed by atoms with Crippen molar-refractivity contribution in [3.05, 3.63) is 24.3 Å². The van der Waals surface area contributed by atoms with E-state index >= 15 is 0 Å². The number of carbonyl (C=O) groups excluding carboxylic acids is 1. The number of amides is 1. The molecule has 1 heterocycles. The van der Waals surface area contributed by atoms with Gasteiger partial charge in [-0.05, 0) is 38.0 Å². The average Bonchev–Trinajstić information content (AvgIpc) is 2.93. The summed E-state index contributed by atoms with van der Waals surface area (Å²) in [5.41, 5.74) is 1.42. The largest absolute Gasteiger partial charge is 0.450 e. The van der Waals surface area contributed by atoms with Crippen molar-refractivity contribution < 1.29 is 9.53 Å². The molecule has 21 heavy (non-hydrogen) atoms. The molecule has 3 N–H and O–H groups in total. The molecule has 1 fully saturated rings. The Kier molecular flexibility index (Phi) is 6.81. The summed E-state index contributed by atoms with van der Waals surface area (Å²) in [4.78, 5) is 13.4. The van der Waals surface area contributed by atoms with Gasteiger partial charge in [-0.15, -0.1) is 12.4 Å². The van der Waals surface area contributed by atoms with E-state index in [4.69, 9.17) is 10.1 Å². The number of benzene rings is 1. The molecule has 1 amide bonds. The van der Waals surface area contributed by atoms with Crippen molar-refractivity contribution in [1.82, 2.24) is 4.90 Å². The van der Waals surface area contributed by atoms with E-state index in [-0.39, 0.29) is 12.4 Å². The molecule has 1 saturated heterocycles. The Bertz CT molecular complexity index is 490. The quantitative estimate of drug-likeness (QED) is 0.592. The predicted octanol–water partition coefficient (Wildman–Crippen LogP) is 3.12. The topological polar surface area (TPSA) is 77.5 Å². The van der Waals surface area contributed by atoms with Gasteiger partial charge in [0.25, 0.3) is 0 Å². The first-order valence-corrected chi connectivity index (χ1v) is 6.83. The Morgan fingerprint density at radius 2 is 1.90 bits per heavy atom. The predicted molar refractivity (Wildman–Crippen MR) is 86.5 cm³/mol. The van der Waals surface area contributed by atoms with Crippen LogP contribution in [0.2, 0.25) is 0 Å². The van der Waals surface area contributed by atoms with Gasteiger partial charge in [0.05, 0.1) is 6.61 Å². The molecule has 0 radical (unpaired) electrons. The fraction of sp³-hybridized carbons (Fsp3) is 0.429. The Morgan fingerprint density at radius 1 is 1.29 bits per heavy atom. The monoisotopic (exact) mass is 312 g/mol. The highest BCUT2D eigenvalue weighted by atomic mass is 35.5. The molecule has 6 nitrogen and oxygen atoms in total. The third-order valence-electron chi connectivity index (χ3n) is 3.07. The molecule has 1 aromatic rings. The molecule has 0 atom stereocenters. The molecule has 1 aliphatic rings. The maximum atomic E-state index is 11.4. The SMILES string of the molecule is CCOC(=O)Nc1cccc(NC(=N)N2CCCC2)c1.Cl. The van der Waals surface area contributed by atoms with Crippen molar-refractivity contribution in [1.29, 1.82) is 5.41 Å². The first-order chi connectivity index (χ1) is 9.69. The van der Waals surface area contributed by atoms with E-state index in [2.05, 4.69) is 10.6 Å². The number of guanidine groups is 1. The number of rotatable bonds is 3. The molecular weight excluding hydrogens is 292 g/mol. The summed E-state index contributed by atoms with van der Waals surface area (Å²) < 4.78 is 4.83. The molecule has 1 aliphatic heterocycles. The highest BCUT2D eigenvalue weighted by Gasteiger charge is 2.14. The summed E-state index contributed by atoms with van der Waals surface area (Å²) >= 11 is 0. The molecule has 7 heteroatoms. The van der Waals surface area contributed by atoms with Crippen LogP contribution in [0.3, 0.4) is 0 Å². The summed E-state index contributed by atoms with van der Waals surface area (Å²) in [6.07, 6.45) is 1.79. The highest BCUT2D eigenvalue weighted by Crippen LogP contribution is 2.16. The third-order valence-corrected chi connectivity index (χ3v) is 3.07. The second-order valence-electron chi connectivity index (χ2n) is 4.59. The number of nitrogens with one attached hydrogen (secondary N) is 3. The molecule has 0 saturated carbocycles. The number of likely N-dealkylation sites (tertiary alicyclic amines) is 1.